The summed E-state index contributed by atoms with van der Waals surface area (Å²) in [5.74, 6) is 0. The third-order valence-corrected chi connectivity index (χ3v) is 4.69. The van der Waals surface area contributed by atoms with Crippen molar-refractivity contribution < 1.29 is 0 Å². The smallest absolute Gasteiger partial charge is 0.328 e. The van der Waals surface area contributed by atoms with E-state index in [0.717, 1.165) is 0 Å². The zero-order valence-corrected chi connectivity index (χ0v) is 12.1. The molecule has 22 heavy (non-hydrogen) atoms. The second-order valence-electron chi connectivity index (χ2n) is 5.94. The summed E-state index contributed by atoms with van der Waals surface area (Å²) in [5, 5.41) is 2.61. The first-order chi connectivity index (χ1) is 10.9. The Morgan fingerprint density at radius 2 is 1.32 bits per heavy atom. The van der Waals surface area contributed by atoms with Gasteiger partial charge in [0, 0.05) is 0 Å². The number of nitrogens with zero attached hydrogens (tertiary/aromatic N) is 1. The molecule has 0 unspecified atom stereocenters. The van der Waals surface area contributed by atoms with Gasteiger partial charge < -0.3 is 4.81 Å². The van der Waals surface area contributed by atoms with Gasteiger partial charge in [-0.1, -0.05) is 54.6 Å². The maximum absolute atomic E-state index is 2.35. The van der Waals surface area contributed by atoms with Crippen molar-refractivity contribution in [3.8, 4) is 0 Å². The molecule has 2 aliphatic rings. The Balaban J connectivity index is 1.80. The van der Waals surface area contributed by atoms with Crippen LogP contribution in [0.2, 0.25) is 0 Å². The summed E-state index contributed by atoms with van der Waals surface area (Å²) >= 11 is 0. The van der Waals surface area contributed by atoms with Gasteiger partial charge in [0.2, 0.25) is 0 Å². The van der Waals surface area contributed by atoms with Crippen LogP contribution in [0.5, 0.6) is 0 Å². The Morgan fingerprint density at radius 1 is 0.636 bits per heavy atom. The Bertz CT molecular complexity index is 955. The molecule has 0 radical (unpaired) electrons. The molecule has 0 fully saturated rings. The van der Waals surface area contributed by atoms with Gasteiger partial charge in [0.05, 0.1) is 0 Å². The standard InChI is InChI=1S/C20H14BN/c1-2-7-17-14-20-18(13-16(17)6-1)10-12-22-11-9-15-5-3-4-8-19(15)21(20)22/h1-14H. The third-order valence-electron chi connectivity index (χ3n) is 4.69. The van der Waals surface area contributed by atoms with Crippen molar-refractivity contribution in [1.29, 1.82) is 0 Å². The molecule has 0 saturated carbocycles. The Labute approximate surface area is 130 Å². The van der Waals surface area contributed by atoms with Gasteiger partial charge in [0.15, 0.2) is 0 Å². The molecule has 102 valence electrons. The molecule has 0 aliphatic carbocycles. The zero-order chi connectivity index (χ0) is 14.5. The highest BCUT2D eigenvalue weighted by Crippen LogP contribution is 2.22. The second kappa shape index (κ2) is 4.38. The van der Waals surface area contributed by atoms with Crippen LogP contribution in [0.1, 0.15) is 11.1 Å². The molecule has 0 spiro atoms. The molecule has 2 heteroatoms. The maximum atomic E-state index is 2.35. The number of rotatable bonds is 0. The molecule has 1 nitrogen and oxygen atoms in total. The van der Waals surface area contributed by atoms with E-state index < -0.39 is 0 Å². The van der Waals surface area contributed by atoms with E-state index in [4.69, 9.17) is 0 Å². The van der Waals surface area contributed by atoms with Crippen LogP contribution >= 0.6 is 0 Å². The van der Waals surface area contributed by atoms with Gasteiger partial charge in [-0.25, -0.2) is 0 Å². The van der Waals surface area contributed by atoms with Gasteiger partial charge in [-0.3, -0.25) is 0 Å². The fraction of sp³-hybridized carbons (Fsp3) is 0. The molecule has 2 aliphatic heterocycles. The van der Waals surface area contributed by atoms with Crippen LogP contribution in [0, 0.1) is 0 Å². The monoisotopic (exact) mass is 279 g/mol. The Morgan fingerprint density at radius 3 is 2.18 bits per heavy atom. The van der Waals surface area contributed by atoms with Gasteiger partial charge in [-0.05, 0) is 63.4 Å². The van der Waals surface area contributed by atoms with E-state index in [9.17, 15) is 0 Å². The molecule has 0 aromatic heterocycles. The largest absolute Gasteiger partial charge is 0.389 e. The van der Waals surface area contributed by atoms with Gasteiger partial charge >= 0.3 is 6.85 Å². The van der Waals surface area contributed by atoms with E-state index in [0.29, 0.717) is 0 Å². The molecule has 2 heterocycles. The molecular weight excluding hydrogens is 265 g/mol. The molecule has 5 rings (SSSR count). The second-order valence-corrected chi connectivity index (χ2v) is 5.94. The van der Waals surface area contributed by atoms with Crippen LogP contribution in [0.4, 0.5) is 0 Å². The first-order valence-electron chi connectivity index (χ1n) is 7.66. The lowest BCUT2D eigenvalue weighted by Gasteiger charge is -2.33. The topological polar surface area (TPSA) is 3.24 Å². The average molecular weight is 279 g/mol. The molecule has 3 aromatic rings. The van der Waals surface area contributed by atoms with Crippen molar-refractivity contribution in [1.82, 2.24) is 4.81 Å². The number of benzene rings is 3. The summed E-state index contributed by atoms with van der Waals surface area (Å²) in [6.45, 7) is 0.283. The quantitative estimate of drug-likeness (QED) is 0.571. The minimum atomic E-state index is 0.283. The lowest BCUT2D eigenvalue weighted by atomic mass is 9.45. The number of hydrogen-bond donors (Lipinski definition) is 0. The summed E-state index contributed by atoms with van der Waals surface area (Å²) in [4.78, 5) is 2.31. The van der Waals surface area contributed by atoms with Crippen LogP contribution in [0.15, 0.2) is 73.1 Å². The predicted molar refractivity (Wildman–Crippen MR) is 95.3 cm³/mol. The van der Waals surface area contributed by atoms with Crippen molar-refractivity contribution in [3.63, 3.8) is 0 Å². The molecule has 0 atom stereocenters. The summed E-state index contributed by atoms with van der Waals surface area (Å²) in [6, 6.07) is 21.9. The Kier molecular flexibility index (Phi) is 2.36. The normalized spacial score (nSPS) is 14.7. The van der Waals surface area contributed by atoms with E-state index in [1.165, 1.54) is 32.8 Å². The van der Waals surface area contributed by atoms with E-state index in [-0.39, 0.29) is 6.85 Å². The zero-order valence-electron chi connectivity index (χ0n) is 12.1. The van der Waals surface area contributed by atoms with Crippen LogP contribution in [-0.2, 0) is 0 Å². The van der Waals surface area contributed by atoms with E-state index in [2.05, 4.69) is 90.0 Å². The molecule has 3 aromatic carbocycles. The number of fused-ring (bicyclic) bond motifs is 6. The lowest BCUT2D eigenvalue weighted by molar-refractivity contribution is 0.804. The van der Waals surface area contributed by atoms with Crippen molar-refractivity contribution in [2.75, 3.05) is 0 Å². The van der Waals surface area contributed by atoms with Gasteiger partial charge in [-0.2, -0.15) is 0 Å². The highest BCUT2D eigenvalue weighted by Gasteiger charge is 2.32. The van der Waals surface area contributed by atoms with Crippen molar-refractivity contribution >= 4 is 40.7 Å². The first-order valence-corrected chi connectivity index (χ1v) is 7.66. The summed E-state index contributed by atoms with van der Waals surface area (Å²) in [5.41, 5.74) is 5.41. The van der Waals surface area contributed by atoms with Crippen LogP contribution in [-0.4, -0.2) is 11.7 Å². The van der Waals surface area contributed by atoms with E-state index in [1.807, 2.05) is 0 Å². The summed E-state index contributed by atoms with van der Waals surface area (Å²) < 4.78 is 0. The molecule has 0 bridgehead atoms. The minimum Gasteiger partial charge on any atom is -0.389 e. The van der Waals surface area contributed by atoms with Crippen molar-refractivity contribution in [2.45, 2.75) is 0 Å². The molecule has 0 amide bonds. The number of hydrogen-bond acceptors (Lipinski definition) is 1. The van der Waals surface area contributed by atoms with Gasteiger partial charge in [0.25, 0.3) is 0 Å². The van der Waals surface area contributed by atoms with Crippen molar-refractivity contribution in [3.05, 3.63) is 84.2 Å². The fourth-order valence-electron chi connectivity index (χ4n) is 3.61. The SMILES string of the molecule is C1=CN2C=Cc3cc4ccccc4cc3B2c2ccccc21. The third kappa shape index (κ3) is 1.61. The fourth-order valence-corrected chi connectivity index (χ4v) is 3.61. The molecule has 0 N–H and O–H groups in total. The van der Waals surface area contributed by atoms with E-state index >= 15 is 0 Å². The summed E-state index contributed by atoms with van der Waals surface area (Å²) in [7, 11) is 0. The first kappa shape index (κ1) is 11.9. The minimum absolute atomic E-state index is 0.283. The average Bonchev–Trinajstić information content (AvgIpc) is 2.59. The van der Waals surface area contributed by atoms with Gasteiger partial charge in [0.1, 0.15) is 0 Å². The van der Waals surface area contributed by atoms with Crippen LogP contribution in [0.25, 0.3) is 22.9 Å². The van der Waals surface area contributed by atoms with Crippen molar-refractivity contribution in [2.24, 2.45) is 0 Å². The highest BCUT2D eigenvalue weighted by molar-refractivity contribution is 6.85. The van der Waals surface area contributed by atoms with Crippen LogP contribution in [0.3, 0.4) is 0 Å². The van der Waals surface area contributed by atoms with Crippen LogP contribution < -0.4 is 10.9 Å². The lowest BCUT2D eigenvalue weighted by Crippen LogP contribution is -2.56. The Hall–Kier alpha value is -2.74. The molecular formula is C20H14BN. The van der Waals surface area contributed by atoms with Gasteiger partial charge in [-0.15, -0.1) is 0 Å². The molecule has 0 saturated heterocycles. The van der Waals surface area contributed by atoms with E-state index in [1.54, 1.807) is 0 Å². The highest BCUT2D eigenvalue weighted by atomic mass is 15.0. The maximum Gasteiger partial charge on any atom is 0.328 e. The summed E-state index contributed by atoms with van der Waals surface area (Å²) in [6.07, 6.45) is 8.79. The predicted octanol–water partition coefficient (Wildman–Crippen LogP) is 3.22.